The molecule has 0 saturated carbocycles. The Morgan fingerprint density at radius 2 is 1.50 bits per heavy atom. The first-order chi connectivity index (χ1) is 17.4. The molecule has 0 spiro atoms. The van der Waals surface area contributed by atoms with Gasteiger partial charge in [-0.05, 0) is 36.1 Å². The highest BCUT2D eigenvalue weighted by Gasteiger charge is 2.42. The average molecular weight is 507 g/mol. The van der Waals surface area contributed by atoms with Crippen LogP contribution in [-0.4, -0.2) is 50.3 Å². The molecule has 0 aromatic heterocycles. The van der Waals surface area contributed by atoms with Crippen molar-refractivity contribution in [1.29, 1.82) is 0 Å². The van der Waals surface area contributed by atoms with E-state index in [2.05, 4.69) is 0 Å². The fourth-order valence-corrected chi connectivity index (χ4v) is 6.42. The molecule has 0 N–H and O–H groups in total. The minimum Gasteiger partial charge on any atom is -0.493 e. The fraction of sp³-hybridized carbons (Fsp3) is 0.345. The van der Waals surface area contributed by atoms with Gasteiger partial charge in [-0.2, -0.15) is 0 Å². The van der Waals surface area contributed by atoms with Gasteiger partial charge in [0, 0.05) is 38.5 Å². The van der Waals surface area contributed by atoms with Gasteiger partial charge in [-0.15, -0.1) is 0 Å². The van der Waals surface area contributed by atoms with Crippen molar-refractivity contribution < 1.29 is 17.9 Å². The van der Waals surface area contributed by atoms with Crippen molar-refractivity contribution in [1.82, 2.24) is 9.21 Å². The van der Waals surface area contributed by atoms with E-state index in [0.717, 1.165) is 17.5 Å². The SMILES string of the molecule is CN(Cc1ccccc1)C(=O)C[C@@]1(COc2ccccc2)CCCN(S(=O)(=O)Cc2ccccc2)C1. The molecule has 1 fully saturated rings. The Balaban J connectivity index is 1.52. The maximum absolute atomic E-state index is 13.4. The Kier molecular flexibility index (Phi) is 8.44. The summed E-state index contributed by atoms with van der Waals surface area (Å²) < 4.78 is 34.4. The lowest BCUT2D eigenvalue weighted by Crippen LogP contribution is -2.50. The van der Waals surface area contributed by atoms with E-state index in [-0.39, 0.29) is 31.2 Å². The molecule has 0 aliphatic carbocycles. The molecule has 3 aromatic rings. The van der Waals surface area contributed by atoms with Crippen molar-refractivity contribution >= 4 is 15.9 Å². The van der Waals surface area contributed by atoms with Crippen LogP contribution in [0.5, 0.6) is 5.75 Å². The third kappa shape index (κ3) is 6.95. The lowest BCUT2D eigenvalue weighted by molar-refractivity contribution is -0.134. The Morgan fingerprint density at radius 1 is 0.917 bits per heavy atom. The Labute approximate surface area is 214 Å². The number of para-hydroxylation sites is 1. The number of ether oxygens (including phenoxy) is 1. The van der Waals surface area contributed by atoms with Crippen molar-refractivity contribution in [2.45, 2.75) is 31.6 Å². The van der Waals surface area contributed by atoms with E-state index in [0.29, 0.717) is 25.3 Å². The van der Waals surface area contributed by atoms with E-state index >= 15 is 0 Å². The van der Waals surface area contributed by atoms with E-state index in [9.17, 15) is 13.2 Å². The summed E-state index contributed by atoms with van der Waals surface area (Å²) in [7, 11) is -1.74. The van der Waals surface area contributed by atoms with Gasteiger partial charge in [-0.1, -0.05) is 78.9 Å². The van der Waals surface area contributed by atoms with Gasteiger partial charge >= 0.3 is 0 Å². The Bertz CT molecular complexity index is 1220. The summed E-state index contributed by atoms with van der Waals surface area (Å²) in [6.07, 6.45) is 1.63. The van der Waals surface area contributed by atoms with E-state index in [4.69, 9.17) is 4.74 Å². The van der Waals surface area contributed by atoms with Crippen LogP contribution in [0.15, 0.2) is 91.0 Å². The standard InChI is InChI=1S/C29H34N2O4S/c1-30(21-25-12-5-2-6-13-25)28(32)20-29(24-35-27-16-9-4-10-17-27)18-11-19-31(23-29)36(33,34)22-26-14-7-3-8-15-26/h2-10,12-17H,11,18-24H2,1H3/t29-/m0/s1. The summed E-state index contributed by atoms with van der Waals surface area (Å²) in [5.74, 6) is 0.648. The summed E-state index contributed by atoms with van der Waals surface area (Å²) in [5, 5.41) is 0. The lowest BCUT2D eigenvalue weighted by atomic mass is 9.78. The molecule has 1 atom stereocenters. The smallest absolute Gasteiger partial charge is 0.223 e. The predicted molar refractivity (Wildman–Crippen MR) is 142 cm³/mol. The van der Waals surface area contributed by atoms with Crippen LogP contribution in [0.25, 0.3) is 0 Å². The molecule has 0 radical (unpaired) electrons. The molecule has 0 unspecified atom stereocenters. The first kappa shape index (κ1) is 25.9. The van der Waals surface area contributed by atoms with Crippen molar-refractivity contribution in [2.75, 3.05) is 26.7 Å². The van der Waals surface area contributed by atoms with Crippen LogP contribution >= 0.6 is 0 Å². The molecule has 3 aromatic carbocycles. The molecule has 6 nitrogen and oxygen atoms in total. The van der Waals surface area contributed by atoms with Crippen LogP contribution in [0.3, 0.4) is 0 Å². The van der Waals surface area contributed by atoms with Gasteiger partial charge < -0.3 is 9.64 Å². The fourth-order valence-electron chi connectivity index (χ4n) is 4.74. The highest BCUT2D eigenvalue weighted by atomic mass is 32.2. The number of amides is 1. The number of piperidine rings is 1. The molecule has 4 rings (SSSR count). The third-order valence-corrected chi connectivity index (χ3v) is 8.51. The Hall–Kier alpha value is -3.16. The van der Waals surface area contributed by atoms with Crippen LogP contribution in [0.2, 0.25) is 0 Å². The summed E-state index contributed by atoms with van der Waals surface area (Å²) in [6, 6.07) is 28.6. The number of nitrogens with zero attached hydrogens (tertiary/aromatic N) is 2. The van der Waals surface area contributed by atoms with E-state index in [1.54, 1.807) is 16.3 Å². The zero-order valence-electron chi connectivity index (χ0n) is 20.8. The molecule has 0 bridgehead atoms. The first-order valence-corrected chi connectivity index (χ1v) is 13.9. The van der Waals surface area contributed by atoms with E-state index in [1.807, 2.05) is 91.0 Å². The van der Waals surface area contributed by atoms with Crippen LogP contribution in [0, 0.1) is 5.41 Å². The first-order valence-electron chi connectivity index (χ1n) is 12.3. The number of benzene rings is 3. The molecule has 1 amide bonds. The number of hydrogen-bond donors (Lipinski definition) is 0. The van der Waals surface area contributed by atoms with E-state index in [1.165, 1.54) is 0 Å². The maximum Gasteiger partial charge on any atom is 0.223 e. The van der Waals surface area contributed by atoms with Crippen molar-refractivity contribution in [3.05, 3.63) is 102 Å². The summed E-state index contributed by atoms with van der Waals surface area (Å²) in [4.78, 5) is 15.1. The van der Waals surface area contributed by atoms with Gasteiger partial charge in [0.25, 0.3) is 0 Å². The minimum atomic E-state index is -3.54. The van der Waals surface area contributed by atoms with Crippen LogP contribution in [-0.2, 0) is 27.1 Å². The molecule has 190 valence electrons. The summed E-state index contributed by atoms with van der Waals surface area (Å²) in [5.41, 5.74) is 1.20. The zero-order chi connectivity index (χ0) is 25.4. The molecule has 1 heterocycles. The summed E-state index contributed by atoms with van der Waals surface area (Å²) >= 11 is 0. The molecule has 1 aliphatic rings. The number of rotatable bonds is 10. The Morgan fingerprint density at radius 3 is 2.14 bits per heavy atom. The number of sulfonamides is 1. The quantitative estimate of drug-likeness (QED) is 0.399. The second-order valence-electron chi connectivity index (χ2n) is 9.69. The zero-order valence-corrected chi connectivity index (χ0v) is 21.6. The third-order valence-electron chi connectivity index (χ3n) is 6.71. The van der Waals surface area contributed by atoms with Crippen molar-refractivity contribution in [2.24, 2.45) is 5.41 Å². The van der Waals surface area contributed by atoms with Crippen LogP contribution in [0.4, 0.5) is 0 Å². The maximum atomic E-state index is 13.4. The van der Waals surface area contributed by atoms with Gasteiger partial charge in [0.15, 0.2) is 0 Å². The van der Waals surface area contributed by atoms with Crippen molar-refractivity contribution in [3.63, 3.8) is 0 Å². The van der Waals surface area contributed by atoms with Crippen LogP contribution < -0.4 is 4.74 Å². The van der Waals surface area contributed by atoms with Gasteiger partial charge in [0.1, 0.15) is 5.75 Å². The summed E-state index contributed by atoms with van der Waals surface area (Å²) in [6.45, 7) is 1.50. The number of carbonyl (C=O) groups is 1. The van der Waals surface area contributed by atoms with Gasteiger partial charge in [-0.3, -0.25) is 4.79 Å². The van der Waals surface area contributed by atoms with Gasteiger partial charge in [-0.25, -0.2) is 12.7 Å². The van der Waals surface area contributed by atoms with Gasteiger partial charge in [0.2, 0.25) is 15.9 Å². The largest absolute Gasteiger partial charge is 0.493 e. The highest BCUT2D eigenvalue weighted by Crippen LogP contribution is 2.37. The second-order valence-corrected chi connectivity index (χ2v) is 11.7. The lowest BCUT2D eigenvalue weighted by Gasteiger charge is -2.42. The second kappa shape index (κ2) is 11.7. The normalized spacial score (nSPS) is 18.5. The average Bonchev–Trinajstić information content (AvgIpc) is 2.89. The molecule has 7 heteroatoms. The monoisotopic (exact) mass is 506 g/mol. The molecular weight excluding hydrogens is 472 g/mol. The molecular formula is C29H34N2O4S. The topological polar surface area (TPSA) is 66.9 Å². The van der Waals surface area contributed by atoms with E-state index < -0.39 is 15.4 Å². The highest BCUT2D eigenvalue weighted by molar-refractivity contribution is 7.88. The number of hydrogen-bond acceptors (Lipinski definition) is 4. The molecule has 1 saturated heterocycles. The number of carbonyl (C=O) groups excluding carboxylic acids is 1. The van der Waals surface area contributed by atoms with Crippen LogP contribution in [0.1, 0.15) is 30.4 Å². The van der Waals surface area contributed by atoms with Crippen molar-refractivity contribution in [3.8, 4) is 5.75 Å². The minimum absolute atomic E-state index is 0.0159. The van der Waals surface area contributed by atoms with Gasteiger partial charge in [0.05, 0.1) is 12.4 Å². The molecule has 1 aliphatic heterocycles. The predicted octanol–water partition coefficient (Wildman–Crippen LogP) is 4.73. The molecule has 36 heavy (non-hydrogen) atoms.